The summed E-state index contributed by atoms with van der Waals surface area (Å²) < 4.78 is 0. The van der Waals surface area contributed by atoms with Gasteiger partial charge in [0, 0.05) is 23.5 Å². The first-order valence-corrected chi connectivity index (χ1v) is 9.22. The van der Waals surface area contributed by atoms with Crippen LogP contribution in [0.3, 0.4) is 0 Å². The zero-order chi connectivity index (χ0) is 18.6. The normalized spacial score (nSPS) is 21.5. The molecule has 27 heavy (non-hydrogen) atoms. The van der Waals surface area contributed by atoms with Crippen molar-refractivity contribution in [2.45, 2.75) is 37.4 Å². The summed E-state index contributed by atoms with van der Waals surface area (Å²) in [6.45, 7) is 0. The molecule has 4 rings (SSSR count). The quantitative estimate of drug-likeness (QED) is 0.563. The Morgan fingerprint density at radius 3 is 2.19 bits per heavy atom. The lowest BCUT2D eigenvalue weighted by Gasteiger charge is -2.12. The van der Waals surface area contributed by atoms with Crippen LogP contribution in [0.15, 0.2) is 54.6 Å². The van der Waals surface area contributed by atoms with E-state index in [0.29, 0.717) is 23.8 Å². The summed E-state index contributed by atoms with van der Waals surface area (Å²) in [6, 6.07) is 17.1. The van der Waals surface area contributed by atoms with Crippen LogP contribution in [0.5, 0.6) is 0 Å². The highest BCUT2D eigenvalue weighted by molar-refractivity contribution is 5.95. The summed E-state index contributed by atoms with van der Waals surface area (Å²) in [7, 11) is 0. The lowest BCUT2D eigenvalue weighted by atomic mass is 10.0. The van der Waals surface area contributed by atoms with Gasteiger partial charge in [0.1, 0.15) is 6.04 Å². The van der Waals surface area contributed by atoms with Crippen molar-refractivity contribution in [2.24, 2.45) is 0 Å². The molecule has 7 nitrogen and oxygen atoms in total. The molecule has 2 aliphatic rings. The Balaban J connectivity index is 1.28. The van der Waals surface area contributed by atoms with E-state index >= 15 is 0 Å². The maximum absolute atomic E-state index is 12.5. The van der Waals surface area contributed by atoms with Crippen LogP contribution in [0.4, 0.5) is 16.2 Å². The Bertz CT molecular complexity index is 805. The van der Waals surface area contributed by atoms with Crippen LogP contribution >= 0.6 is 0 Å². The summed E-state index contributed by atoms with van der Waals surface area (Å²) in [6.07, 6.45) is 2.78. The van der Waals surface area contributed by atoms with E-state index in [1.54, 1.807) is 24.3 Å². The molecule has 0 spiro atoms. The molecule has 140 valence electrons. The number of benzene rings is 2. The molecular weight excluding hydrogens is 342 g/mol. The van der Waals surface area contributed by atoms with Crippen LogP contribution in [-0.4, -0.2) is 24.0 Å². The first-order chi connectivity index (χ1) is 13.2. The minimum absolute atomic E-state index is 0.0897. The molecule has 0 aromatic heterocycles. The van der Waals surface area contributed by atoms with Crippen molar-refractivity contribution in [1.82, 2.24) is 16.2 Å². The van der Waals surface area contributed by atoms with Crippen LogP contribution in [0, 0.1) is 0 Å². The molecule has 0 radical (unpaired) electrons. The van der Waals surface area contributed by atoms with E-state index < -0.39 is 0 Å². The standard InChI is InChI=1S/C20H23N5O2/c26-19(18-12-17(24-25-18)13-4-2-1-3-5-13)21-14-6-8-15(9-7-14)22-20(27)23-16-10-11-16/h1-9,16-18,24-25H,10-12H2,(H,21,26)(H2,22,23,27). The van der Waals surface area contributed by atoms with Crippen molar-refractivity contribution in [3.05, 3.63) is 60.2 Å². The third-order valence-corrected chi connectivity index (χ3v) is 4.74. The Morgan fingerprint density at radius 2 is 1.52 bits per heavy atom. The van der Waals surface area contributed by atoms with Gasteiger partial charge in [0.25, 0.3) is 0 Å². The lowest BCUT2D eigenvalue weighted by molar-refractivity contribution is -0.117. The second-order valence-corrected chi connectivity index (χ2v) is 6.98. The summed E-state index contributed by atoms with van der Waals surface area (Å²) in [4.78, 5) is 24.2. The van der Waals surface area contributed by atoms with Crippen LogP contribution in [0.25, 0.3) is 0 Å². The molecule has 3 amide bonds. The van der Waals surface area contributed by atoms with Gasteiger partial charge in [0.05, 0.1) is 0 Å². The van der Waals surface area contributed by atoms with Gasteiger partial charge in [-0.15, -0.1) is 0 Å². The van der Waals surface area contributed by atoms with E-state index in [4.69, 9.17) is 0 Å². The Morgan fingerprint density at radius 1 is 0.852 bits per heavy atom. The van der Waals surface area contributed by atoms with Crippen LogP contribution in [-0.2, 0) is 4.79 Å². The molecule has 7 heteroatoms. The van der Waals surface area contributed by atoms with Gasteiger partial charge in [-0.05, 0) is 49.1 Å². The Hall–Kier alpha value is -2.90. The third kappa shape index (κ3) is 4.64. The van der Waals surface area contributed by atoms with Gasteiger partial charge in [-0.1, -0.05) is 30.3 Å². The number of amides is 3. The van der Waals surface area contributed by atoms with Crippen molar-refractivity contribution in [1.29, 1.82) is 0 Å². The Kier molecular flexibility index (Phi) is 5.04. The lowest BCUT2D eigenvalue weighted by Crippen LogP contribution is -2.39. The minimum atomic E-state index is -0.308. The molecule has 1 aliphatic heterocycles. The predicted octanol–water partition coefficient (Wildman–Crippen LogP) is 2.52. The highest BCUT2D eigenvalue weighted by atomic mass is 16.2. The number of rotatable bonds is 5. The van der Waals surface area contributed by atoms with Gasteiger partial charge in [-0.3, -0.25) is 4.79 Å². The molecular formula is C20H23N5O2. The fraction of sp³-hybridized carbons (Fsp3) is 0.300. The van der Waals surface area contributed by atoms with Crippen LogP contribution in [0.2, 0.25) is 0 Å². The highest BCUT2D eigenvalue weighted by Crippen LogP contribution is 2.23. The van der Waals surface area contributed by atoms with Crippen molar-refractivity contribution < 1.29 is 9.59 Å². The van der Waals surface area contributed by atoms with E-state index in [9.17, 15) is 9.59 Å². The molecule has 2 aromatic rings. The number of hydrazine groups is 1. The average Bonchev–Trinajstić information content (AvgIpc) is 3.34. The zero-order valence-corrected chi connectivity index (χ0v) is 14.9. The van der Waals surface area contributed by atoms with Crippen molar-refractivity contribution >= 4 is 23.3 Å². The molecule has 2 unspecified atom stereocenters. The van der Waals surface area contributed by atoms with Crippen molar-refractivity contribution in [3.8, 4) is 0 Å². The first kappa shape index (κ1) is 17.5. The van der Waals surface area contributed by atoms with Gasteiger partial charge < -0.3 is 16.0 Å². The maximum Gasteiger partial charge on any atom is 0.319 e. The van der Waals surface area contributed by atoms with Gasteiger partial charge in [-0.2, -0.15) is 0 Å². The van der Waals surface area contributed by atoms with E-state index in [2.05, 4.69) is 26.8 Å². The summed E-state index contributed by atoms with van der Waals surface area (Å²) in [5.41, 5.74) is 8.77. The van der Waals surface area contributed by atoms with Gasteiger partial charge >= 0.3 is 6.03 Å². The summed E-state index contributed by atoms with van der Waals surface area (Å²) in [5, 5.41) is 8.57. The SMILES string of the molecule is O=C(Nc1ccc(NC(=O)C2CC(c3ccccc3)NN2)cc1)NC1CC1. The molecule has 0 bridgehead atoms. The fourth-order valence-corrected chi connectivity index (χ4v) is 3.08. The maximum atomic E-state index is 12.5. The van der Waals surface area contributed by atoms with Gasteiger partial charge in [-0.25, -0.2) is 15.6 Å². The molecule has 2 atom stereocenters. The number of hydrogen-bond donors (Lipinski definition) is 5. The largest absolute Gasteiger partial charge is 0.335 e. The van der Waals surface area contributed by atoms with E-state index in [1.807, 2.05) is 30.3 Å². The second kappa shape index (κ2) is 7.77. The number of carbonyl (C=O) groups excluding carboxylic acids is 2. The smallest absolute Gasteiger partial charge is 0.319 e. The van der Waals surface area contributed by atoms with Crippen LogP contribution in [0.1, 0.15) is 30.9 Å². The summed E-state index contributed by atoms with van der Waals surface area (Å²) in [5.74, 6) is -0.0897. The molecule has 2 fully saturated rings. The van der Waals surface area contributed by atoms with Crippen molar-refractivity contribution in [3.63, 3.8) is 0 Å². The average molecular weight is 365 g/mol. The van der Waals surface area contributed by atoms with E-state index in [-0.39, 0.29) is 24.0 Å². The molecule has 2 aromatic carbocycles. The Labute approximate surface area is 157 Å². The predicted molar refractivity (Wildman–Crippen MR) is 104 cm³/mol. The molecule has 1 saturated carbocycles. The number of carbonyl (C=O) groups is 2. The first-order valence-electron chi connectivity index (χ1n) is 9.22. The fourth-order valence-electron chi connectivity index (χ4n) is 3.08. The molecule has 1 saturated heterocycles. The zero-order valence-electron chi connectivity index (χ0n) is 14.9. The third-order valence-electron chi connectivity index (χ3n) is 4.74. The topological polar surface area (TPSA) is 94.3 Å². The van der Waals surface area contributed by atoms with Gasteiger partial charge in [0.15, 0.2) is 0 Å². The molecule has 1 aliphatic carbocycles. The number of nitrogens with one attached hydrogen (secondary N) is 5. The second-order valence-electron chi connectivity index (χ2n) is 6.98. The molecule has 1 heterocycles. The monoisotopic (exact) mass is 365 g/mol. The number of urea groups is 1. The minimum Gasteiger partial charge on any atom is -0.335 e. The molecule has 5 N–H and O–H groups in total. The van der Waals surface area contributed by atoms with Crippen LogP contribution < -0.4 is 26.8 Å². The number of anilines is 2. The van der Waals surface area contributed by atoms with E-state index in [1.165, 1.54) is 0 Å². The van der Waals surface area contributed by atoms with E-state index in [0.717, 1.165) is 18.4 Å². The summed E-state index contributed by atoms with van der Waals surface area (Å²) >= 11 is 0. The highest BCUT2D eigenvalue weighted by Gasteiger charge is 2.30. The van der Waals surface area contributed by atoms with Gasteiger partial charge in [0.2, 0.25) is 5.91 Å². The number of hydrogen-bond acceptors (Lipinski definition) is 4. The van der Waals surface area contributed by atoms with Crippen molar-refractivity contribution in [2.75, 3.05) is 10.6 Å².